The second kappa shape index (κ2) is 7.61. The molecule has 162 valence electrons. The molecule has 2 N–H and O–H groups in total. The molecule has 1 aromatic heterocycles. The number of nitrogens with zero attached hydrogens (tertiary/aromatic N) is 1. The van der Waals surface area contributed by atoms with E-state index in [4.69, 9.17) is 4.98 Å². The Hall–Kier alpha value is -1.99. The highest BCUT2D eigenvalue weighted by molar-refractivity contribution is 7.91. The van der Waals surface area contributed by atoms with Crippen molar-refractivity contribution in [2.75, 3.05) is 24.6 Å². The lowest BCUT2D eigenvalue weighted by molar-refractivity contribution is 0.0945. The highest BCUT2D eigenvalue weighted by atomic mass is 32.2. The molecule has 1 saturated heterocycles. The van der Waals surface area contributed by atoms with Gasteiger partial charge < -0.3 is 10.6 Å². The summed E-state index contributed by atoms with van der Waals surface area (Å²) in [6.45, 7) is 9.25. The van der Waals surface area contributed by atoms with E-state index in [0.29, 0.717) is 18.2 Å². The van der Waals surface area contributed by atoms with Gasteiger partial charge in [-0.25, -0.2) is 13.4 Å². The number of benzene rings is 1. The van der Waals surface area contributed by atoms with Crippen LogP contribution in [-0.2, 0) is 15.3 Å². The van der Waals surface area contributed by atoms with Crippen LogP contribution in [0.4, 0.5) is 0 Å². The van der Waals surface area contributed by atoms with E-state index in [0.717, 1.165) is 16.5 Å². The van der Waals surface area contributed by atoms with Crippen molar-refractivity contribution in [3.05, 3.63) is 40.6 Å². The van der Waals surface area contributed by atoms with Gasteiger partial charge in [0.25, 0.3) is 5.91 Å². The van der Waals surface area contributed by atoms with Gasteiger partial charge in [-0.1, -0.05) is 26.8 Å². The fraction of sp³-hybridized carbons (Fsp3) is 0.565. The summed E-state index contributed by atoms with van der Waals surface area (Å²) < 4.78 is 23.6. The molecule has 30 heavy (non-hydrogen) atoms. The van der Waals surface area contributed by atoms with Gasteiger partial charge in [0.2, 0.25) is 0 Å². The van der Waals surface area contributed by atoms with E-state index in [1.165, 1.54) is 24.0 Å². The van der Waals surface area contributed by atoms with Crippen LogP contribution in [0.15, 0.2) is 18.2 Å². The summed E-state index contributed by atoms with van der Waals surface area (Å²) in [6, 6.07) is 6.08. The zero-order valence-electron chi connectivity index (χ0n) is 18.2. The minimum atomic E-state index is -3.04. The number of fused-ring (bicyclic) bond motifs is 1. The molecular formula is C23H31N3O3S. The van der Waals surface area contributed by atoms with Crippen molar-refractivity contribution in [2.45, 2.75) is 57.9 Å². The van der Waals surface area contributed by atoms with Gasteiger partial charge in [-0.2, -0.15) is 0 Å². The number of hydrogen-bond donors (Lipinski definition) is 2. The first-order chi connectivity index (χ1) is 14.0. The average molecular weight is 430 g/mol. The third kappa shape index (κ3) is 4.52. The summed E-state index contributed by atoms with van der Waals surface area (Å²) in [5, 5.41) is 7.14. The number of sulfone groups is 1. The molecule has 0 radical (unpaired) electrons. The van der Waals surface area contributed by atoms with Crippen molar-refractivity contribution in [1.29, 1.82) is 0 Å². The van der Waals surface area contributed by atoms with Gasteiger partial charge >= 0.3 is 0 Å². The fourth-order valence-corrected chi connectivity index (χ4v) is 5.60. The SMILES string of the molecule is Cc1cc(C(=O)NC[C@@H]2CS(=O)(=O)CCN2)nc2c(C(C)(C)C)cc(C3CC3)cc12. The third-order valence-corrected chi connectivity index (χ3v) is 7.78. The lowest BCUT2D eigenvalue weighted by atomic mass is 9.83. The predicted molar refractivity (Wildman–Crippen MR) is 120 cm³/mol. The number of nitrogens with one attached hydrogen (secondary N) is 2. The molecule has 1 aliphatic carbocycles. The van der Waals surface area contributed by atoms with Gasteiger partial charge in [0.05, 0.1) is 17.0 Å². The summed E-state index contributed by atoms with van der Waals surface area (Å²) >= 11 is 0. The Morgan fingerprint density at radius 3 is 2.60 bits per heavy atom. The van der Waals surface area contributed by atoms with Gasteiger partial charge in [0.15, 0.2) is 9.84 Å². The second-order valence-electron chi connectivity index (χ2n) is 9.79. The van der Waals surface area contributed by atoms with E-state index in [1.807, 2.05) is 13.0 Å². The molecule has 6 nitrogen and oxygen atoms in total. The Balaban J connectivity index is 1.63. The van der Waals surface area contributed by atoms with Crippen LogP contribution < -0.4 is 10.6 Å². The summed E-state index contributed by atoms with van der Waals surface area (Å²) in [5.74, 6) is 0.588. The molecule has 1 atom stereocenters. The van der Waals surface area contributed by atoms with E-state index in [1.54, 1.807) is 0 Å². The molecule has 0 bridgehead atoms. The smallest absolute Gasteiger partial charge is 0.269 e. The maximum absolute atomic E-state index is 12.8. The van der Waals surface area contributed by atoms with Crippen LogP contribution in [0.25, 0.3) is 10.9 Å². The molecule has 2 aliphatic rings. The minimum Gasteiger partial charge on any atom is -0.349 e. The number of amides is 1. The first-order valence-corrected chi connectivity index (χ1v) is 12.5. The highest BCUT2D eigenvalue weighted by Crippen LogP contribution is 2.43. The molecule has 2 aromatic rings. The molecule has 2 heterocycles. The normalized spacial score (nSPS) is 21.5. The minimum absolute atomic E-state index is 0.0512. The fourth-order valence-electron chi connectivity index (χ4n) is 4.16. The van der Waals surface area contributed by atoms with Gasteiger partial charge in [-0.05, 0) is 59.9 Å². The number of aryl methyl sites for hydroxylation is 1. The van der Waals surface area contributed by atoms with Gasteiger partial charge in [0.1, 0.15) is 5.69 Å². The van der Waals surface area contributed by atoms with Crippen molar-refractivity contribution in [3.8, 4) is 0 Å². The van der Waals surface area contributed by atoms with Gasteiger partial charge in [-0.3, -0.25) is 4.79 Å². The Morgan fingerprint density at radius 1 is 1.23 bits per heavy atom. The molecule has 1 aromatic carbocycles. The Kier molecular flexibility index (Phi) is 5.39. The topological polar surface area (TPSA) is 88.2 Å². The Labute approximate surface area is 178 Å². The number of pyridine rings is 1. The maximum atomic E-state index is 12.8. The Bertz CT molecular complexity index is 1100. The largest absolute Gasteiger partial charge is 0.349 e. The number of carbonyl (C=O) groups excluding carboxylic acids is 1. The lowest BCUT2D eigenvalue weighted by Crippen LogP contribution is -2.50. The van der Waals surface area contributed by atoms with Crippen molar-refractivity contribution in [2.24, 2.45) is 0 Å². The summed E-state index contributed by atoms with van der Waals surface area (Å²) in [6.07, 6.45) is 2.49. The van der Waals surface area contributed by atoms with Crippen LogP contribution in [0, 0.1) is 6.92 Å². The van der Waals surface area contributed by atoms with Crippen LogP contribution >= 0.6 is 0 Å². The molecule has 1 saturated carbocycles. The molecule has 0 spiro atoms. The third-order valence-electron chi connectivity index (χ3n) is 6.04. The van der Waals surface area contributed by atoms with Crippen molar-refractivity contribution in [1.82, 2.24) is 15.6 Å². The second-order valence-corrected chi connectivity index (χ2v) is 12.0. The molecule has 4 rings (SSSR count). The maximum Gasteiger partial charge on any atom is 0.269 e. The number of hydrogen-bond acceptors (Lipinski definition) is 5. The summed E-state index contributed by atoms with van der Waals surface area (Å²) in [7, 11) is -3.04. The van der Waals surface area contributed by atoms with Crippen LogP contribution in [0.1, 0.15) is 66.7 Å². The van der Waals surface area contributed by atoms with Crippen LogP contribution in [0.3, 0.4) is 0 Å². The van der Waals surface area contributed by atoms with E-state index >= 15 is 0 Å². The monoisotopic (exact) mass is 429 g/mol. The van der Waals surface area contributed by atoms with Crippen molar-refractivity contribution < 1.29 is 13.2 Å². The number of carbonyl (C=O) groups is 1. The van der Waals surface area contributed by atoms with Crippen LogP contribution in [0.5, 0.6) is 0 Å². The van der Waals surface area contributed by atoms with E-state index in [9.17, 15) is 13.2 Å². The zero-order chi connectivity index (χ0) is 21.7. The standard InChI is InChI=1S/C23H31N3O3S/c1-14-9-20(22(27)25-12-17-13-30(28,29)8-7-24-17)26-21-18(14)10-16(15-5-6-15)11-19(21)23(2,3)4/h9-11,15,17,24H,5-8,12-13H2,1-4H3,(H,25,27)/t17-/m1/s1. The van der Waals surface area contributed by atoms with E-state index in [2.05, 4.69) is 43.5 Å². The number of aromatic nitrogens is 1. The molecule has 2 fully saturated rings. The summed E-state index contributed by atoms with van der Waals surface area (Å²) in [4.78, 5) is 17.6. The summed E-state index contributed by atoms with van der Waals surface area (Å²) in [5.41, 5.74) is 4.76. The molecule has 0 unspecified atom stereocenters. The first-order valence-electron chi connectivity index (χ1n) is 10.7. The molecule has 7 heteroatoms. The van der Waals surface area contributed by atoms with E-state index < -0.39 is 9.84 Å². The molecule has 1 amide bonds. The van der Waals surface area contributed by atoms with Crippen LogP contribution in [-0.4, -0.2) is 49.9 Å². The van der Waals surface area contributed by atoms with E-state index in [-0.39, 0.29) is 35.4 Å². The Morgan fingerprint density at radius 2 is 1.97 bits per heavy atom. The first kappa shape index (κ1) is 21.2. The van der Waals surface area contributed by atoms with Crippen molar-refractivity contribution >= 4 is 26.6 Å². The molecular weight excluding hydrogens is 398 g/mol. The van der Waals surface area contributed by atoms with Gasteiger partial charge in [-0.15, -0.1) is 0 Å². The molecule has 1 aliphatic heterocycles. The van der Waals surface area contributed by atoms with Crippen LogP contribution in [0.2, 0.25) is 0 Å². The average Bonchev–Trinajstić information content (AvgIpc) is 3.49. The zero-order valence-corrected chi connectivity index (χ0v) is 19.0. The lowest BCUT2D eigenvalue weighted by Gasteiger charge is -2.24. The highest BCUT2D eigenvalue weighted by Gasteiger charge is 2.28. The quantitative estimate of drug-likeness (QED) is 0.780. The predicted octanol–water partition coefficient (Wildman–Crippen LogP) is 2.83. The number of rotatable bonds is 4. The van der Waals surface area contributed by atoms with Crippen molar-refractivity contribution in [3.63, 3.8) is 0 Å². The van der Waals surface area contributed by atoms with Gasteiger partial charge in [0, 0.05) is 24.5 Å².